The van der Waals surface area contributed by atoms with Crippen molar-refractivity contribution in [2.75, 3.05) is 13.1 Å². The van der Waals surface area contributed by atoms with Crippen LogP contribution in [0.5, 0.6) is 0 Å². The van der Waals surface area contributed by atoms with Gasteiger partial charge in [-0.25, -0.2) is 18.2 Å². The average Bonchev–Trinajstić information content (AvgIpc) is 2.72. The van der Waals surface area contributed by atoms with E-state index < -0.39 is 21.6 Å². The first kappa shape index (κ1) is 23.2. The molecule has 11 heteroatoms. The van der Waals surface area contributed by atoms with E-state index in [1.807, 2.05) is 0 Å². The number of ether oxygens (including phenoxy) is 1. The number of rotatable bonds is 7. The van der Waals surface area contributed by atoms with Gasteiger partial charge in [-0.3, -0.25) is 4.79 Å². The van der Waals surface area contributed by atoms with Gasteiger partial charge in [-0.05, 0) is 36.4 Å². The SMILES string of the molecule is CCN(CC)S(=O)(=O)c1ccc(Cl)c(C(=O)OCc2nc3cc(Cl)ccc3c(=O)[nH]2)c1. The van der Waals surface area contributed by atoms with Crippen LogP contribution in [0.4, 0.5) is 0 Å². The number of aromatic amines is 1. The lowest BCUT2D eigenvalue weighted by Crippen LogP contribution is -2.30. The van der Waals surface area contributed by atoms with Crippen molar-refractivity contribution in [1.82, 2.24) is 14.3 Å². The van der Waals surface area contributed by atoms with E-state index in [1.165, 1.54) is 28.6 Å². The number of hydrogen-bond donors (Lipinski definition) is 1. The number of hydrogen-bond acceptors (Lipinski definition) is 6. The second-order valence-corrected chi connectivity index (χ2v) is 9.26. The molecule has 1 heterocycles. The summed E-state index contributed by atoms with van der Waals surface area (Å²) in [5, 5.41) is 0.790. The highest BCUT2D eigenvalue weighted by atomic mass is 35.5. The monoisotopic (exact) mass is 483 g/mol. The molecular formula is C20H19Cl2N3O5S. The molecule has 0 fully saturated rings. The number of carbonyl (C=O) groups excluding carboxylic acids is 1. The van der Waals surface area contributed by atoms with Crippen molar-refractivity contribution in [3.8, 4) is 0 Å². The number of aromatic nitrogens is 2. The summed E-state index contributed by atoms with van der Waals surface area (Å²) in [6.07, 6.45) is 0. The molecule has 0 spiro atoms. The minimum atomic E-state index is -3.78. The summed E-state index contributed by atoms with van der Waals surface area (Å²) in [6, 6.07) is 8.47. The molecule has 31 heavy (non-hydrogen) atoms. The molecular weight excluding hydrogens is 465 g/mol. The summed E-state index contributed by atoms with van der Waals surface area (Å²) in [5.41, 5.74) is -0.160. The second kappa shape index (κ2) is 9.35. The van der Waals surface area contributed by atoms with Gasteiger partial charge in [0, 0.05) is 18.1 Å². The van der Waals surface area contributed by atoms with Crippen LogP contribution in [0.15, 0.2) is 46.1 Å². The Morgan fingerprint density at radius 3 is 2.52 bits per heavy atom. The molecule has 0 unspecified atom stereocenters. The van der Waals surface area contributed by atoms with E-state index >= 15 is 0 Å². The first-order valence-corrected chi connectivity index (χ1v) is 11.5. The number of esters is 1. The van der Waals surface area contributed by atoms with E-state index in [1.54, 1.807) is 26.0 Å². The number of H-pyrrole nitrogens is 1. The molecule has 1 N–H and O–H groups in total. The van der Waals surface area contributed by atoms with Gasteiger partial charge in [0.1, 0.15) is 12.4 Å². The third kappa shape index (κ3) is 4.90. The summed E-state index contributed by atoms with van der Waals surface area (Å²) in [6.45, 7) is 3.66. The van der Waals surface area contributed by atoms with Crippen molar-refractivity contribution in [2.24, 2.45) is 0 Å². The summed E-state index contributed by atoms with van der Waals surface area (Å²) in [7, 11) is -3.78. The molecule has 0 aliphatic heterocycles. The summed E-state index contributed by atoms with van der Waals surface area (Å²) >= 11 is 12.0. The quantitative estimate of drug-likeness (QED) is 0.513. The third-order valence-electron chi connectivity index (χ3n) is 4.56. The zero-order valence-corrected chi connectivity index (χ0v) is 19.0. The normalized spacial score (nSPS) is 11.8. The lowest BCUT2D eigenvalue weighted by atomic mass is 10.2. The first-order valence-electron chi connectivity index (χ1n) is 9.32. The maximum absolute atomic E-state index is 12.7. The van der Waals surface area contributed by atoms with Crippen LogP contribution in [0.3, 0.4) is 0 Å². The maximum atomic E-state index is 12.7. The highest BCUT2D eigenvalue weighted by Crippen LogP contribution is 2.24. The van der Waals surface area contributed by atoms with E-state index in [9.17, 15) is 18.0 Å². The molecule has 0 atom stereocenters. The fraction of sp³-hybridized carbons (Fsp3) is 0.250. The number of nitrogens with zero attached hydrogens (tertiary/aromatic N) is 2. The number of nitrogens with one attached hydrogen (secondary N) is 1. The Kier molecular flexibility index (Phi) is 7.00. The van der Waals surface area contributed by atoms with Crippen molar-refractivity contribution in [2.45, 2.75) is 25.3 Å². The fourth-order valence-corrected chi connectivity index (χ4v) is 4.82. The standard InChI is InChI=1S/C20H19Cl2N3O5S/c1-3-25(4-2)31(28,29)13-6-8-16(22)15(10-13)20(27)30-11-18-23-17-9-12(21)5-7-14(17)19(26)24-18/h5-10H,3-4,11H2,1-2H3,(H,23,24,26). The highest BCUT2D eigenvalue weighted by molar-refractivity contribution is 7.89. The van der Waals surface area contributed by atoms with Gasteiger partial charge < -0.3 is 9.72 Å². The Morgan fingerprint density at radius 1 is 1.13 bits per heavy atom. The van der Waals surface area contributed by atoms with Crippen molar-refractivity contribution < 1.29 is 17.9 Å². The minimum Gasteiger partial charge on any atom is -0.454 e. The molecule has 3 rings (SSSR count). The fourth-order valence-electron chi connectivity index (χ4n) is 2.97. The van der Waals surface area contributed by atoms with Crippen LogP contribution in [-0.4, -0.2) is 41.7 Å². The van der Waals surface area contributed by atoms with Gasteiger partial charge >= 0.3 is 5.97 Å². The van der Waals surface area contributed by atoms with Crippen LogP contribution in [0.2, 0.25) is 10.0 Å². The number of carbonyl (C=O) groups is 1. The van der Waals surface area contributed by atoms with E-state index in [0.717, 1.165) is 0 Å². The summed E-state index contributed by atoms with van der Waals surface area (Å²) < 4.78 is 31.9. The van der Waals surface area contributed by atoms with Gasteiger partial charge in [-0.2, -0.15) is 4.31 Å². The van der Waals surface area contributed by atoms with Gasteiger partial charge in [0.15, 0.2) is 0 Å². The first-order chi connectivity index (χ1) is 14.7. The molecule has 0 amide bonds. The van der Waals surface area contributed by atoms with Crippen molar-refractivity contribution in [3.63, 3.8) is 0 Å². The van der Waals surface area contributed by atoms with Crippen molar-refractivity contribution >= 4 is 50.1 Å². The molecule has 164 valence electrons. The van der Waals surface area contributed by atoms with Crippen LogP contribution in [-0.2, 0) is 21.4 Å². The van der Waals surface area contributed by atoms with Crippen molar-refractivity contribution in [1.29, 1.82) is 0 Å². The predicted octanol–water partition coefficient (Wildman–Crippen LogP) is 3.62. The average molecular weight is 484 g/mol. The Labute approximate surface area is 188 Å². The van der Waals surface area contributed by atoms with Crippen LogP contribution in [0, 0.1) is 0 Å². The molecule has 0 aliphatic rings. The predicted molar refractivity (Wildman–Crippen MR) is 118 cm³/mol. The van der Waals surface area contributed by atoms with Crippen LogP contribution in [0.25, 0.3) is 10.9 Å². The molecule has 0 aliphatic carbocycles. The number of benzene rings is 2. The smallest absolute Gasteiger partial charge is 0.340 e. The zero-order valence-electron chi connectivity index (χ0n) is 16.7. The van der Waals surface area contributed by atoms with Gasteiger partial charge in [0.25, 0.3) is 5.56 Å². The summed E-state index contributed by atoms with van der Waals surface area (Å²) in [4.78, 5) is 31.5. The molecule has 1 aromatic heterocycles. The molecule has 3 aromatic rings. The largest absolute Gasteiger partial charge is 0.454 e. The third-order valence-corrected chi connectivity index (χ3v) is 7.17. The Hall–Kier alpha value is -2.46. The highest BCUT2D eigenvalue weighted by Gasteiger charge is 2.24. The molecule has 2 aromatic carbocycles. The van der Waals surface area contributed by atoms with Gasteiger partial charge in [0.2, 0.25) is 10.0 Å². The van der Waals surface area contributed by atoms with Crippen LogP contribution < -0.4 is 5.56 Å². The number of fused-ring (bicyclic) bond motifs is 1. The lowest BCUT2D eigenvalue weighted by molar-refractivity contribution is 0.0462. The molecule has 0 saturated carbocycles. The number of sulfonamides is 1. The van der Waals surface area contributed by atoms with Gasteiger partial charge in [-0.1, -0.05) is 37.0 Å². The van der Waals surface area contributed by atoms with E-state index in [2.05, 4.69) is 9.97 Å². The van der Waals surface area contributed by atoms with E-state index in [0.29, 0.717) is 15.9 Å². The lowest BCUT2D eigenvalue weighted by Gasteiger charge is -2.19. The van der Waals surface area contributed by atoms with Crippen LogP contribution in [0.1, 0.15) is 30.0 Å². The Balaban J connectivity index is 1.86. The molecule has 0 bridgehead atoms. The topological polar surface area (TPSA) is 109 Å². The Morgan fingerprint density at radius 2 is 1.84 bits per heavy atom. The molecule has 0 radical (unpaired) electrons. The maximum Gasteiger partial charge on any atom is 0.340 e. The second-order valence-electron chi connectivity index (χ2n) is 6.48. The van der Waals surface area contributed by atoms with Crippen LogP contribution >= 0.6 is 23.2 Å². The van der Waals surface area contributed by atoms with E-state index in [4.69, 9.17) is 27.9 Å². The number of halogens is 2. The minimum absolute atomic E-state index is 0.0373. The summed E-state index contributed by atoms with van der Waals surface area (Å²) in [5.74, 6) is -0.744. The molecule has 8 nitrogen and oxygen atoms in total. The van der Waals surface area contributed by atoms with E-state index in [-0.39, 0.29) is 41.0 Å². The Bertz CT molecular complexity index is 1300. The van der Waals surface area contributed by atoms with Gasteiger partial charge in [-0.15, -0.1) is 0 Å². The molecule has 0 saturated heterocycles. The van der Waals surface area contributed by atoms with Gasteiger partial charge in [0.05, 0.1) is 26.4 Å². The zero-order chi connectivity index (χ0) is 22.8. The van der Waals surface area contributed by atoms with Crippen molar-refractivity contribution in [3.05, 3.63) is 68.2 Å².